The van der Waals surface area contributed by atoms with Crippen molar-refractivity contribution in [3.63, 3.8) is 0 Å². The third kappa shape index (κ3) is 5.05. The summed E-state index contributed by atoms with van der Waals surface area (Å²) in [5.74, 6) is -0.458. The molecule has 0 aliphatic carbocycles. The Morgan fingerprint density at radius 1 is 1.21 bits per heavy atom. The fourth-order valence-corrected chi connectivity index (χ4v) is 3.88. The van der Waals surface area contributed by atoms with Crippen molar-refractivity contribution in [1.29, 1.82) is 0 Å². The van der Waals surface area contributed by atoms with Crippen LogP contribution in [0.1, 0.15) is 6.92 Å². The number of sulfonamides is 1. The van der Waals surface area contributed by atoms with Crippen molar-refractivity contribution in [2.75, 3.05) is 39.3 Å². The SMILES string of the molecule is C/C(N)=C/C(=O)OCCN1CCN(S(=O)(=O)c2ccccc2)CC1. The van der Waals surface area contributed by atoms with Gasteiger partial charge in [0.15, 0.2) is 0 Å². The second kappa shape index (κ2) is 8.27. The van der Waals surface area contributed by atoms with Crippen LogP contribution in [0.5, 0.6) is 0 Å². The summed E-state index contributed by atoms with van der Waals surface area (Å²) < 4.78 is 31.6. The van der Waals surface area contributed by atoms with Crippen molar-refractivity contribution in [1.82, 2.24) is 9.21 Å². The van der Waals surface area contributed by atoms with E-state index in [0.29, 0.717) is 43.3 Å². The van der Waals surface area contributed by atoms with Crippen LogP contribution in [-0.4, -0.2) is 62.9 Å². The molecule has 1 aliphatic heterocycles. The highest BCUT2D eigenvalue weighted by molar-refractivity contribution is 7.89. The maximum atomic E-state index is 12.5. The summed E-state index contributed by atoms with van der Waals surface area (Å²) in [6.45, 7) is 4.51. The van der Waals surface area contributed by atoms with Crippen LogP contribution in [0.15, 0.2) is 47.0 Å². The summed E-state index contributed by atoms with van der Waals surface area (Å²) in [5.41, 5.74) is 5.80. The number of esters is 1. The second-order valence-corrected chi connectivity index (χ2v) is 7.55. The van der Waals surface area contributed by atoms with E-state index in [2.05, 4.69) is 4.90 Å². The van der Waals surface area contributed by atoms with Crippen LogP contribution in [-0.2, 0) is 19.6 Å². The molecule has 0 unspecified atom stereocenters. The van der Waals surface area contributed by atoms with Crippen molar-refractivity contribution >= 4 is 16.0 Å². The predicted molar refractivity (Wildman–Crippen MR) is 90.5 cm³/mol. The molecule has 0 aromatic heterocycles. The van der Waals surface area contributed by atoms with E-state index in [4.69, 9.17) is 10.5 Å². The number of nitrogens with two attached hydrogens (primary N) is 1. The number of carbonyl (C=O) groups excluding carboxylic acids is 1. The monoisotopic (exact) mass is 353 g/mol. The van der Waals surface area contributed by atoms with Crippen LogP contribution in [0.2, 0.25) is 0 Å². The van der Waals surface area contributed by atoms with E-state index in [9.17, 15) is 13.2 Å². The molecule has 24 heavy (non-hydrogen) atoms. The number of hydrogen-bond donors (Lipinski definition) is 1. The fraction of sp³-hybridized carbons (Fsp3) is 0.438. The van der Waals surface area contributed by atoms with Crippen molar-refractivity contribution < 1.29 is 17.9 Å². The first-order valence-corrected chi connectivity index (χ1v) is 9.21. The minimum atomic E-state index is -3.43. The summed E-state index contributed by atoms with van der Waals surface area (Å²) in [6.07, 6.45) is 1.24. The highest BCUT2D eigenvalue weighted by Crippen LogP contribution is 2.16. The zero-order chi connectivity index (χ0) is 17.6. The molecule has 1 fully saturated rings. The molecule has 0 radical (unpaired) electrons. The lowest BCUT2D eigenvalue weighted by Crippen LogP contribution is -2.49. The first-order valence-electron chi connectivity index (χ1n) is 7.77. The Hall–Kier alpha value is -1.90. The number of nitrogens with zero attached hydrogens (tertiary/aromatic N) is 2. The number of piperazine rings is 1. The van der Waals surface area contributed by atoms with E-state index < -0.39 is 16.0 Å². The maximum absolute atomic E-state index is 12.5. The van der Waals surface area contributed by atoms with E-state index in [-0.39, 0.29) is 6.61 Å². The van der Waals surface area contributed by atoms with Crippen LogP contribution in [0.25, 0.3) is 0 Å². The van der Waals surface area contributed by atoms with Crippen LogP contribution in [0.3, 0.4) is 0 Å². The van der Waals surface area contributed by atoms with E-state index in [0.717, 1.165) is 0 Å². The molecule has 132 valence electrons. The Kier molecular flexibility index (Phi) is 6.36. The van der Waals surface area contributed by atoms with Gasteiger partial charge in [-0.15, -0.1) is 0 Å². The van der Waals surface area contributed by atoms with Crippen molar-refractivity contribution in [2.24, 2.45) is 5.73 Å². The summed E-state index contributed by atoms with van der Waals surface area (Å²) in [6, 6.07) is 8.44. The average Bonchev–Trinajstić information content (AvgIpc) is 2.55. The average molecular weight is 353 g/mol. The van der Waals surface area contributed by atoms with Crippen LogP contribution < -0.4 is 5.73 Å². The third-order valence-electron chi connectivity index (χ3n) is 3.71. The van der Waals surface area contributed by atoms with Crippen molar-refractivity contribution in [3.05, 3.63) is 42.1 Å². The molecular formula is C16H23N3O4S. The second-order valence-electron chi connectivity index (χ2n) is 5.61. The van der Waals surface area contributed by atoms with Gasteiger partial charge in [0.1, 0.15) is 6.61 Å². The number of hydrogen-bond acceptors (Lipinski definition) is 6. The van der Waals surface area contributed by atoms with Crippen molar-refractivity contribution in [3.8, 4) is 0 Å². The smallest absolute Gasteiger partial charge is 0.332 e. The quantitative estimate of drug-likeness (QED) is 0.588. The molecule has 1 aromatic carbocycles. The highest BCUT2D eigenvalue weighted by atomic mass is 32.2. The summed E-state index contributed by atoms with van der Waals surface area (Å²) in [5, 5.41) is 0. The fourth-order valence-electron chi connectivity index (χ4n) is 2.44. The molecule has 7 nitrogen and oxygen atoms in total. The Bertz CT molecular complexity index is 677. The lowest BCUT2D eigenvalue weighted by molar-refractivity contribution is -0.138. The van der Waals surface area contributed by atoms with Gasteiger partial charge in [0.05, 0.1) is 4.90 Å². The molecule has 0 saturated carbocycles. The number of rotatable bonds is 6. The molecule has 1 aromatic rings. The third-order valence-corrected chi connectivity index (χ3v) is 5.62. The summed E-state index contributed by atoms with van der Waals surface area (Å²) >= 11 is 0. The van der Waals surface area contributed by atoms with E-state index >= 15 is 0 Å². The predicted octanol–water partition coefficient (Wildman–Crippen LogP) is 0.399. The lowest BCUT2D eigenvalue weighted by atomic mass is 10.3. The van der Waals surface area contributed by atoms with Gasteiger partial charge < -0.3 is 10.5 Å². The van der Waals surface area contributed by atoms with Crippen LogP contribution in [0.4, 0.5) is 0 Å². The molecule has 2 N–H and O–H groups in total. The topological polar surface area (TPSA) is 92.9 Å². The standard InChI is InChI=1S/C16H23N3O4S/c1-14(17)13-16(20)23-12-11-18-7-9-19(10-8-18)24(21,22)15-5-3-2-4-6-15/h2-6,13H,7-12,17H2,1H3/b14-13-. The molecule has 2 rings (SSSR count). The maximum Gasteiger partial charge on any atom is 0.332 e. The van der Waals surface area contributed by atoms with Crippen LogP contribution >= 0.6 is 0 Å². The zero-order valence-corrected chi connectivity index (χ0v) is 14.5. The molecule has 0 spiro atoms. The van der Waals surface area contributed by atoms with Gasteiger partial charge in [0.25, 0.3) is 0 Å². The molecule has 0 amide bonds. The molecule has 1 heterocycles. The van der Waals surface area contributed by atoms with Gasteiger partial charge in [-0.2, -0.15) is 4.31 Å². The van der Waals surface area contributed by atoms with Gasteiger partial charge in [-0.1, -0.05) is 18.2 Å². The van der Waals surface area contributed by atoms with Gasteiger partial charge in [-0.25, -0.2) is 13.2 Å². The Balaban J connectivity index is 1.79. The molecule has 0 bridgehead atoms. The number of ether oxygens (including phenoxy) is 1. The summed E-state index contributed by atoms with van der Waals surface area (Å²) in [4.78, 5) is 13.7. The van der Waals surface area contributed by atoms with Crippen molar-refractivity contribution in [2.45, 2.75) is 11.8 Å². The van der Waals surface area contributed by atoms with E-state index in [1.165, 1.54) is 10.4 Å². The minimum absolute atomic E-state index is 0.258. The molecule has 1 aliphatic rings. The normalized spacial score (nSPS) is 17.6. The van der Waals surface area contributed by atoms with Gasteiger partial charge in [0.2, 0.25) is 10.0 Å². The van der Waals surface area contributed by atoms with Gasteiger partial charge in [0, 0.05) is 44.5 Å². The molecule has 8 heteroatoms. The Morgan fingerprint density at radius 3 is 2.42 bits per heavy atom. The number of carbonyl (C=O) groups is 1. The Labute approximate surface area is 142 Å². The van der Waals surface area contributed by atoms with E-state index in [1.807, 2.05) is 0 Å². The Morgan fingerprint density at radius 2 is 1.83 bits per heavy atom. The van der Waals surface area contributed by atoms with Gasteiger partial charge in [-0.05, 0) is 19.1 Å². The zero-order valence-electron chi connectivity index (χ0n) is 13.7. The number of benzene rings is 1. The summed E-state index contributed by atoms with van der Waals surface area (Å²) in [7, 11) is -3.43. The molecule has 0 atom stereocenters. The molecular weight excluding hydrogens is 330 g/mol. The van der Waals surface area contributed by atoms with Gasteiger partial charge >= 0.3 is 5.97 Å². The van der Waals surface area contributed by atoms with E-state index in [1.54, 1.807) is 37.3 Å². The highest BCUT2D eigenvalue weighted by Gasteiger charge is 2.28. The molecule has 1 saturated heterocycles. The first kappa shape index (κ1) is 18.4. The lowest BCUT2D eigenvalue weighted by Gasteiger charge is -2.33. The largest absolute Gasteiger partial charge is 0.461 e. The first-order chi connectivity index (χ1) is 11.4. The van der Waals surface area contributed by atoms with Crippen LogP contribution in [0, 0.1) is 0 Å². The minimum Gasteiger partial charge on any atom is -0.461 e. The van der Waals surface area contributed by atoms with Gasteiger partial charge in [-0.3, -0.25) is 4.90 Å². The number of allylic oxidation sites excluding steroid dienone is 1.